The molecule has 3 rings (SSSR count). The van der Waals surface area contributed by atoms with Gasteiger partial charge in [0.2, 0.25) is 0 Å². The van der Waals surface area contributed by atoms with Crippen molar-refractivity contribution in [3.8, 4) is 0 Å². The number of aryl methyl sites for hydroxylation is 1. The van der Waals surface area contributed by atoms with Crippen LogP contribution in [0.5, 0.6) is 0 Å². The van der Waals surface area contributed by atoms with E-state index in [2.05, 4.69) is 22.9 Å². The van der Waals surface area contributed by atoms with Gasteiger partial charge < -0.3 is 5.73 Å². The highest BCUT2D eigenvalue weighted by Crippen LogP contribution is 2.35. The molecule has 20 heavy (non-hydrogen) atoms. The fourth-order valence-corrected chi connectivity index (χ4v) is 4.25. The summed E-state index contributed by atoms with van der Waals surface area (Å²) in [6.45, 7) is 2.05. The summed E-state index contributed by atoms with van der Waals surface area (Å²) in [6.07, 6.45) is 0. The maximum atomic E-state index is 13.9. The van der Waals surface area contributed by atoms with Crippen molar-refractivity contribution in [2.75, 3.05) is 0 Å². The van der Waals surface area contributed by atoms with Crippen molar-refractivity contribution in [3.05, 3.63) is 68.1 Å². The Bertz CT molecular complexity index is 781. The van der Waals surface area contributed by atoms with Crippen LogP contribution in [0.25, 0.3) is 10.8 Å². The van der Waals surface area contributed by atoms with Gasteiger partial charge in [-0.2, -0.15) is 0 Å². The molecule has 0 aliphatic rings. The maximum absolute atomic E-state index is 13.9. The molecule has 1 nitrogen and oxygen atoms in total. The Morgan fingerprint density at radius 3 is 2.45 bits per heavy atom. The van der Waals surface area contributed by atoms with Gasteiger partial charge >= 0.3 is 0 Å². The van der Waals surface area contributed by atoms with Gasteiger partial charge in [-0.1, -0.05) is 30.3 Å². The van der Waals surface area contributed by atoms with Crippen molar-refractivity contribution in [1.29, 1.82) is 0 Å². The third-order valence-electron chi connectivity index (χ3n) is 3.50. The van der Waals surface area contributed by atoms with Gasteiger partial charge in [0.1, 0.15) is 5.82 Å². The van der Waals surface area contributed by atoms with Crippen LogP contribution in [0.2, 0.25) is 0 Å². The lowest BCUT2D eigenvalue weighted by molar-refractivity contribution is 0.639. The fourth-order valence-electron chi connectivity index (χ4n) is 2.49. The third kappa shape index (κ3) is 2.28. The van der Waals surface area contributed by atoms with Crippen molar-refractivity contribution in [1.82, 2.24) is 0 Å². The van der Waals surface area contributed by atoms with Crippen molar-refractivity contribution >= 4 is 38.0 Å². The van der Waals surface area contributed by atoms with Crippen LogP contribution in [0.15, 0.2) is 46.3 Å². The highest BCUT2D eigenvalue weighted by molar-refractivity contribution is 9.11. The summed E-state index contributed by atoms with van der Waals surface area (Å²) in [5.74, 6) is -0.209. The SMILES string of the molecule is Cc1sc(Br)cc1C(N)c1ccc(F)c2ccccc12. The normalized spacial score (nSPS) is 12.8. The van der Waals surface area contributed by atoms with Gasteiger partial charge in [-0.3, -0.25) is 0 Å². The second-order valence-electron chi connectivity index (χ2n) is 4.72. The molecule has 0 aliphatic carbocycles. The van der Waals surface area contributed by atoms with Gasteiger partial charge in [-0.05, 0) is 51.5 Å². The van der Waals surface area contributed by atoms with E-state index in [0.717, 1.165) is 20.3 Å². The summed E-state index contributed by atoms with van der Waals surface area (Å²) in [5, 5.41) is 1.49. The highest BCUT2D eigenvalue weighted by Gasteiger charge is 2.17. The van der Waals surface area contributed by atoms with Crippen LogP contribution in [0.3, 0.4) is 0 Å². The van der Waals surface area contributed by atoms with Crippen LogP contribution in [0, 0.1) is 12.7 Å². The van der Waals surface area contributed by atoms with E-state index in [1.54, 1.807) is 23.5 Å². The van der Waals surface area contributed by atoms with Crippen LogP contribution < -0.4 is 5.73 Å². The molecular weight excluding hydrogens is 337 g/mol. The molecule has 0 radical (unpaired) electrons. The number of benzene rings is 2. The summed E-state index contributed by atoms with van der Waals surface area (Å²) < 4.78 is 14.9. The smallest absolute Gasteiger partial charge is 0.131 e. The van der Waals surface area contributed by atoms with Crippen LogP contribution in [0.4, 0.5) is 4.39 Å². The fraction of sp³-hybridized carbons (Fsp3) is 0.125. The van der Waals surface area contributed by atoms with Crippen molar-refractivity contribution < 1.29 is 4.39 Å². The zero-order valence-electron chi connectivity index (χ0n) is 10.9. The Morgan fingerprint density at radius 2 is 1.80 bits per heavy atom. The highest BCUT2D eigenvalue weighted by atomic mass is 79.9. The largest absolute Gasteiger partial charge is 0.320 e. The monoisotopic (exact) mass is 349 g/mol. The Hall–Kier alpha value is -1.23. The number of hydrogen-bond donors (Lipinski definition) is 1. The Labute approximate surface area is 129 Å². The lowest BCUT2D eigenvalue weighted by Crippen LogP contribution is -2.12. The zero-order chi connectivity index (χ0) is 14.3. The Morgan fingerprint density at radius 1 is 1.10 bits per heavy atom. The van der Waals surface area contributed by atoms with Crippen molar-refractivity contribution in [3.63, 3.8) is 0 Å². The van der Waals surface area contributed by atoms with Crippen LogP contribution in [0.1, 0.15) is 22.0 Å². The first-order valence-electron chi connectivity index (χ1n) is 6.26. The number of hydrogen-bond acceptors (Lipinski definition) is 2. The molecule has 1 atom stereocenters. The molecule has 0 saturated carbocycles. The molecule has 102 valence electrons. The average molecular weight is 350 g/mol. The number of nitrogens with two attached hydrogens (primary N) is 1. The predicted octanol–water partition coefficient (Wildman–Crippen LogP) is 5.16. The summed E-state index contributed by atoms with van der Waals surface area (Å²) in [7, 11) is 0. The van der Waals surface area contributed by atoms with Gasteiger partial charge in [0.25, 0.3) is 0 Å². The first-order chi connectivity index (χ1) is 9.58. The van der Waals surface area contributed by atoms with Gasteiger partial charge in [-0.15, -0.1) is 11.3 Å². The first kappa shape index (κ1) is 13.7. The van der Waals surface area contributed by atoms with Crippen LogP contribution >= 0.6 is 27.3 Å². The molecule has 0 fully saturated rings. The molecule has 0 aliphatic heterocycles. The van der Waals surface area contributed by atoms with E-state index < -0.39 is 0 Å². The summed E-state index contributed by atoms with van der Waals surface area (Å²) in [6, 6.07) is 12.5. The lowest BCUT2D eigenvalue weighted by Gasteiger charge is -2.15. The van der Waals surface area contributed by atoms with Crippen LogP contribution in [-0.4, -0.2) is 0 Å². The number of thiophene rings is 1. The van der Waals surface area contributed by atoms with E-state index in [-0.39, 0.29) is 11.9 Å². The minimum Gasteiger partial charge on any atom is -0.320 e. The average Bonchev–Trinajstić information content (AvgIpc) is 2.78. The molecule has 1 unspecified atom stereocenters. The molecule has 0 bridgehead atoms. The van der Waals surface area contributed by atoms with Gasteiger partial charge in [0.15, 0.2) is 0 Å². The molecule has 0 spiro atoms. The second kappa shape index (κ2) is 5.28. The van der Waals surface area contributed by atoms with Crippen molar-refractivity contribution in [2.45, 2.75) is 13.0 Å². The van der Waals surface area contributed by atoms with Gasteiger partial charge in [0, 0.05) is 10.3 Å². The molecule has 2 aromatic carbocycles. The maximum Gasteiger partial charge on any atom is 0.131 e. The number of fused-ring (bicyclic) bond motifs is 1. The second-order valence-corrected chi connectivity index (χ2v) is 7.36. The summed E-state index contributed by atoms with van der Waals surface area (Å²) in [5.41, 5.74) is 8.45. The zero-order valence-corrected chi connectivity index (χ0v) is 13.3. The summed E-state index contributed by atoms with van der Waals surface area (Å²) in [4.78, 5) is 1.18. The quantitative estimate of drug-likeness (QED) is 0.679. The molecular formula is C16H13BrFNS. The molecule has 3 aromatic rings. The van der Waals surface area contributed by atoms with E-state index in [0.29, 0.717) is 5.39 Å². The molecule has 1 aromatic heterocycles. The van der Waals surface area contributed by atoms with Crippen LogP contribution in [-0.2, 0) is 0 Å². The first-order valence-corrected chi connectivity index (χ1v) is 7.87. The lowest BCUT2D eigenvalue weighted by atomic mass is 9.94. The number of rotatable bonds is 2. The standard InChI is InChI=1S/C16H13BrFNS/c1-9-13(8-15(17)20-9)16(19)12-6-7-14(18)11-5-3-2-4-10(11)12/h2-8,16H,19H2,1H3. The minimum atomic E-state index is -0.247. The summed E-state index contributed by atoms with van der Waals surface area (Å²) >= 11 is 5.15. The van der Waals surface area contributed by atoms with Gasteiger partial charge in [0.05, 0.1) is 9.83 Å². The molecule has 0 saturated heterocycles. The Balaban J connectivity index is 2.20. The van der Waals surface area contributed by atoms with E-state index in [1.165, 1.54) is 10.9 Å². The molecule has 1 heterocycles. The molecule has 4 heteroatoms. The van der Waals surface area contributed by atoms with E-state index in [9.17, 15) is 4.39 Å². The van der Waals surface area contributed by atoms with Crippen molar-refractivity contribution in [2.24, 2.45) is 5.73 Å². The third-order valence-corrected chi connectivity index (χ3v) is 5.07. The van der Waals surface area contributed by atoms with Gasteiger partial charge in [-0.25, -0.2) is 4.39 Å². The van der Waals surface area contributed by atoms with E-state index in [1.807, 2.05) is 24.3 Å². The molecule has 2 N–H and O–H groups in total. The predicted molar refractivity (Wildman–Crippen MR) is 86.7 cm³/mol. The molecule has 0 amide bonds. The van der Waals surface area contributed by atoms with E-state index >= 15 is 0 Å². The Kier molecular flexibility index (Phi) is 3.63. The minimum absolute atomic E-state index is 0.209. The van der Waals surface area contributed by atoms with E-state index in [4.69, 9.17) is 5.73 Å². The topological polar surface area (TPSA) is 26.0 Å². The number of halogens is 2.